The van der Waals surface area contributed by atoms with Crippen LogP contribution in [0.15, 0.2) is 12.1 Å². The van der Waals surface area contributed by atoms with Gasteiger partial charge in [0.25, 0.3) is 0 Å². The molecule has 0 atom stereocenters. The van der Waals surface area contributed by atoms with Crippen LogP contribution in [0, 0.1) is 13.8 Å². The first kappa shape index (κ1) is 9.58. The van der Waals surface area contributed by atoms with Crippen molar-refractivity contribution in [3.63, 3.8) is 0 Å². The van der Waals surface area contributed by atoms with Crippen LogP contribution in [-0.2, 0) is 11.2 Å². The Hall–Kier alpha value is -1.51. The number of aryl methyl sites for hydroxylation is 2. The van der Waals surface area contributed by atoms with Gasteiger partial charge >= 0.3 is 5.97 Å². The van der Waals surface area contributed by atoms with Crippen LogP contribution in [0.25, 0.3) is 0 Å². The average molecular weight is 179 g/mol. The van der Waals surface area contributed by atoms with E-state index in [0.29, 0.717) is 11.3 Å². The lowest BCUT2D eigenvalue weighted by Gasteiger charge is -2.07. The van der Waals surface area contributed by atoms with E-state index in [1.807, 2.05) is 26.0 Å². The predicted octanol–water partition coefficient (Wildman–Crippen LogP) is 1.51. The SMILES string of the molecule is Cc1cc(N)c(CC(=O)O)cc1C. The second kappa shape index (κ2) is 3.47. The molecular weight excluding hydrogens is 166 g/mol. The monoisotopic (exact) mass is 179 g/mol. The molecule has 0 aliphatic rings. The molecule has 0 unspecified atom stereocenters. The minimum absolute atomic E-state index is 0.00699. The highest BCUT2D eigenvalue weighted by molar-refractivity contribution is 5.73. The molecule has 0 heterocycles. The van der Waals surface area contributed by atoms with Crippen LogP contribution in [0.5, 0.6) is 0 Å². The molecule has 0 bridgehead atoms. The first-order valence-electron chi connectivity index (χ1n) is 4.08. The van der Waals surface area contributed by atoms with Gasteiger partial charge in [0.15, 0.2) is 0 Å². The Kier molecular flexibility index (Phi) is 2.56. The third kappa shape index (κ3) is 2.21. The smallest absolute Gasteiger partial charge is 0.307 e. The molecule has 0 amide bonds. The summed E-state index contributed by atoms with van der Waals surface area (Å²) in [5.41, 5.74) is 9.09. The van der Waals surface area contributed by atoms with Crippen LogP contribution in [0.4, 0.5) is 5.69 Å². The molecule has 1 rings (SSSR count). The van der Waals surface area contributed by atoms with Crippen LogP contribution < -0.4 is 5.73 Å². The lowest BCUT2D eigenvalue weighted by molar-refractivity contribution is -0.136. The summed E-state index contributed by atoms with van der Waals surface area (Å²) in [6, 6.07) is 3.65. The van der Waals surface area contributed by atoms with E-state index in [0.717, 1.165) is 11.1 Å². The first-order chi connectivity index (χ1) is 6.00. The second-order valence-electron chi connectivity index (χ2n) is 3.21. The normalized spacial score (nSPS) is 10.0. The highest BCUT2D eigenvalue weighted by Gasteiger charge is 2.06. The van der Waals surface area contributed by atoms with Gasteiger partial charge in [-0.25, -0.2) is 0 Å². The molecule has 3 heteroatoms. The largest absolute Gasteiger partial charge is 0.481 e. The second-order valence-corrected chi connectivity index (χ2v) is 3.21. The van der Waals surface area contributed by atoms with Gasteiger partial charge in [0, 0.05) is 5.69 Å². The number of carboxylic acids is 1. The number of aliphatic carboxylic acids is 1. The van der Waals surface area contributed by atoms with Crippen molar-refractivity contribution in [3.05, 3.63) is 28.8 Å². The molecular formula is C10H13NO2. The highest BCUT2D eigenvalue weighted by atomic mass is 16.4. The Morgan fingerprint density at radius 2 is 1.92 bits per heavy atom. The van der Waals surface area contributed by atoms with E-state index in [9.17, 15) is 4.79 Å². The number of carboxylic acid groups (broad SMARTS) is 1. The van der Waals surface area contributed by atoms with Gasteiger partial charge in [-0.05, 0) is 36.6 Å². The Labute approximate surface area is 77.2 Å². The fraction of sp³-hybridized carbons (Fsp3) is 0.300. The van der Waals surface area contributed by atoms with E-state index in [-0.39, 0.29) is 6.42 Å². The van der Waals surface area contributed by atoms with Gasteiger partial charge in [0.05, 0.1) is 6.42 Å². The number of nitrogens with two attached hydrogens (primary N) is 1. The maximum atomic E-state index is 10.5. The molecule has 0 radical (unpaired) electrons. The third-order valence-electron chi connectivity index (χ3n) is 2.10. The molecule has 13 heavy (non-hydrogen) atoms. The van der Waals surface area contributed by atoms with E-state index in [1.165, 1.54) is 0 Å². The number of carbonyl (C=O) groups is 1. The number of hydrogen-bond donors (Lipinski definition) is 2. The number of benzene rings is 1. The zero-order valence-corrected chi connectivity index (χ0v) is 7.79. The van der Waals surface area contributed by atoms with Gasteiger partial charge in [-0.15, -0.1) is 0 Å². The fourth-order valence-corrected chi connectivity index (χ4v) is 1.21. The summed E-state index contributed by atoms with van der Waals surface area (Å²) in [4.78, 5) is 10.5. The molecule has 70 valence electrons. The summed E-state index contributed by atoms with van der Waals surface area (Å²) in [6.07, 6.45) is -0.00699. The third-order valence-corrected chi connectivity index (χ3v) is 2.10. The zero-order chi connectivity index (χ0) is 10.0. The Morgan fingerprint density at radius 1 is 1.38 bits per heavy atom. The van der Waals surface area contributed by atoms with Crippen molar-refractivity contribution in [2.45, 2.75) is 20.3 Å². The van der Waals surface area contributed by atoms with Gasteiger partial charge in [-0.1, -0.05) is 6.07 Å². The number of anilines is 1. The maximum absolute atomic E-state index is 10.5. The quantitative estimate of drug-likeness (QED) is 0.676. The van der Waals surface area contributed by atoms with E-state index < -0.39 is 5.97 Å². The lowest BCUT2D eigenvalue weighted by atomic mass is 10.0. The van der Waals surface area contributed by atoms with Crippen LogP contribution in [-0.4, -0.2) is 11.1 Å². The van der Waals surface area contributed by atoms with Crippen LogP contribution in [0.2, 0.25) is 0 Å². The Morgan fingerprint density at radius 3 is 2.46 bits per heavy atom. The molecule has 0 saturated heterocycles. The number of rotatable bonds is 2. The standard InChI is InChI=1S/C10H13NO2/c1-6-3-8(5-10(12)13)9(11)4-7(6)2/h3-4H,5,11H2,1-2H3,(H,12,13). The van der Waals surface area contributed by atoms with Gasteiger partial charge in [-0.2, -0.15) is 0 Å². The molecule has 0 fully saturated rings. The van der Waals surface area contributed by atoms with Gasteiger partial charge in [-0.3, -0.25) is 4.79 Å². The summed E-state index contributed by atoms with van der Waals surface area (Å²) in [5, 5.41) is 8.60. The summed E-state index contributed by atoms with van der Waals surface area (Å²) >= 11 is 0. The molecule has 0 spiro atoms. The van der Waals surface area contributed by atoms with Crippen LogP contribution >= 0.6 is 0 Å². The molecule has 3 N–H and O–H groups in total. The molecule has 3 nitrogen and oxygen atoms in total. The van der Waals surface area contributed by atoms with Crippen molar-refractivity contribution >= 4 is 11.7 Å². The number of nitrogen functional groups attached to an aromatic ring is 1. The van der Waals surface area contributed by atoms with Gasteiger partial charge < -0.3 is 10.8 Å². The summed E-state index contributed by atoms with van der Waals surface area (Å²) in [6.45, 7) is 3.90. The minimum atomic E-state index is -0.852. The molecule has 0 aromatic heterocycles. The topological polar surface area (TPSA) is 63.3 Å². The average Bonchev–Trinajstić information content (AvgIpc) is 1.99. The zero-order valence-electron chi connectivity index (χ0n) is 7.79. The van der Waals surface area contributed by atoms with Crippen molar-refractivity contribution in [2.24, 2.45) is 0 Å². The van der Waals surface area contributed by atoms with Crippen molar-refractivity contribution in [1.82, 2.24) is 0 Å². The van der Waals surface area contributed by atoms with Gasteiger partial charge in [0.1, 0.15) is 0 Å². The Balaban J connectivity index is 3.08. The molecule has 1 aromatic carbocycles. The van der Waals surface area contributed by atoms with Crippen molar-refractivity contribution in [2.75, 3.05) is 5.73 Å². The summed E-state index contributed by atoms with van der Waals surface area (Å²) in [7, 11) is 0. The van der Waals surface area contributed by atoms with Crippen molar-refractivity contribution in [3.8, 4) is 0 Å². The minimum Gasteiger partial charge on any atom is -0.481 e. The Bertz CT molecular complexity index is 345. The van der Waals surface area contributed by atoms with Crippen LogP contribution in [0.3, 0.4) is 0 Å². The van der Waals surface area contributed by atoms with Crippen LogP contribution in [0.1, 0.15) is 16.7 Å². The van der Waals surface area contributed by atoms with Gasteiger partial charge in [0.2, 0.25) is 0 Å². The van der Waals surface area contributed by atoms with Crippen molar-refractivity contribution in [1.29, 1.82) is 0 Å². The maximum Gasteiger partial charge on any atom is 0.307 e. The summed E-state index contributed by atoms with van der Waals surface area (Å²) in [5.74, 6) is -0.852. The molecule has 0 aliphatic carbocycles. The van der Waals surface area contributed by atoms with E-state index in [1.54, 1.807) is 0 Å². The van der Waals surface area contributed by atoms with Crippen molar-refractivity contribution < 1.29 is 9.90 Å². The van der Waals surface area contributed by atoms with E-state index in [4.69, 9.17) is 10.8 Å². The molecule has 0 aliphatic heterocycles. The molecule has 0 saturated carbocycles. The van der Waals surface area contributed by atoms with E-state index >= 15 is 0 Å². The fourth-order valence-electron chi connectivity index (χ4n) is 1.21. The summed E-state index contributed by atoms with van der Waals surface area (Å²) < 4.78 is 0. The molecule has 1 aromatic rings. The highest BCUT2D eigenvalue weighted by Crippen LogP contribution is 2.18. The number of hydrogen-bond acceptors (Lipinski definition) is 2. The van der Waals surface area contributed by atoms with E-state index in [2.05, 4.69) is 0 Å². The first-order valence-corrected chi connectivity index (χ1v) is 4.08. The predicted molar refractivity (Wildman–Crippen MR) is 51.7 cm³/mol. The lowest BCUT2D eigenvalue weighted by Crippen LogP contribution is -2.04.